The molecule has 0 saturated heterocycles. The molecule has 3 rings (SSSR count). The highest BCUT2D eigenvalue weighted by molar-refractivity contribution is 5.74. The van der Waals surface area contributed by atoms with Crippen molar-refractivity contribution in [3.63, 3.8) is 0 Å². The van der Waals surface area contributed by atoms with Crippen molar-refractivity contribution >= 4 is 5.97 Å². The Morgan fingerprint density at radius 3 is 1.48 bits per heavy atom. The first-order valence-electron chi connectivity index (χ1n) is 11.5. The smallest absolute Gasteiger partial charge is 0.320 e. The molecular formula is C28H36N2O3. The number of carbonyl (C=O) groups is 1. The van der Waals surface area contributed by atoms with E-state index >= 15 is 0 Å². The fraction of sp³-hybridized carbons (Fsp3) is 0.321. The Morgan fingerprint density at radius 2 is 1.21 bits per heavy atom. The number of aliphatic carboxylic acids is 1. The van der Waals surface area contributed by atoms with Crippen molar-refractivity contribution in [2.24, 2.45) is 0 Å². The van der Waals surface area contributed by atoms with Crippen LogP contribution in [0.25, 0.3) is 0 Å². The molecule has 0 unspecified atom stereocenters. The van der Waals surface area contributed by atoms with Crippen LogP contribution in [0.2, 0.25) is 0 Å². The predicted molar refractivity (Wildman–Crippen MR) is 134 cm³/mol. The Labute approximate surface area is 197 Å². The van der Waals surface area contributed by atoms with Gasteiger partial charge in [0.15, 0.2) is 0 Å². The Bertz CT molecular complexity index is 819. The van der Waals surface area contributed by atoms with E-state index in [0.717, 1.165) is 29.8 Å². The first-order valence-corrected chi connectivity index (χ1v) is 11.5. The minimum atomic E-state index is -0.899. The quantitative estimate of drug-likeness (QED) is 0.372. The lowest BCUT2D eigenvalue weighted by Gasteiger charge is -2.39. The molecule has 0 aromatic heterocycles. The van der Waals surface area contributed by atoms with Crippen LogP contribution in [0.1, 0.15) is 37.0 Å². The summed E-state index contributed by atoms with van der Waals surface area (Å²) in [7, 11) is 1.58. The molecule has 1 atom stereocenters. The Hall–Kier alpha value is -2.99. The van der Waals surface area contributed by atoms with Crippen LogP contribution in [0.5, 0.6) is 0 Å². The van der Waals surface area contributed by atoms with Gasteiger partial charge in [-0.3, -0.25) is 10.1 Å². The minimum absolute atomic E-state index is 0.360. The highest BCUT2D eigenvalue weighted by Crippen LogP contribution is 2.37. The average Bonchev–Trinajstić information content (AvgIpc) is 2.87. The molecule has 33 heavy (non-hydrogen) atoms. The number of hydrogen-bond acceptors (Lipinski definition) is 4. The molecule has 0 aliphatic carbocycles. The van der Waals surface area contributed by atoms with Gasteiger partial charge in [-0.15, -0.1) is 0 Å². The summed E-state index contributed by atoms with van der Waals surface area (Å²) in [4.78, 5) is 12.1. The molecular weight excluding hydrogens is 412 g/mol. The third-order valence-corrected chi connectivity index (χ3v) is 5.42. The lowest BCUT2D eigenvalue weighted by molar-refractivity contribution is -0.140. The van der Waals surface area contributed by atoms with E-state index in [1.807, 2.05) is 91.0 Å². The number of carboxylic acid groups (broad SMARTS) is 1. The van der Waals surface area contributed by atoms with Gasteiger partial charge in [-0.05, 0) is 36.2 Å². The van der Waals surface area contributed by atoms with Crippen LogP contribution < -0.4 is 10.6 Å². The number of rotatable bonds is 11. The Balaban J connectivity index is 0.000000696. The van der Waals surface area contributed by atoms with E-state index in [-0.39, 0.29) is 0 Å². The summed E-state index contributed by atoms with van der Waals surface area (Å²) in [6, 6.07) is 29.1. The molecule has 5 nitrogen and oxygen atoms in total. The van der Waals surface area contributed by atoms with Gasteiger partial charge >= 0.3 is 5.97 Å². The van der Waals surface area contributed by atoms with Crippen LogP contribution in [0.3, 0.4) is 0 Å². The van der Waals surface area contributed by atoms with Gasteiger partial charge in [-0.2, -0.15) is 0 Å². The van der Waals surface area contributed by atoms with Crippen LogP contribution in [-0.2, 0) is 15.1 Å². The average molecular weight is 449 g/mol. The first kappa shape index (κ1) is 26.3. The zero-order valence-electron chi connectivity index (χ0n) is 19.8. The lowest BCUT2D eigenvalue weighted by atomic mass is 9.76. The van der Waals surface area contributed by atoms with Crippen molar-refractivity contribution < 1.29 is 14.6 Å². The standard InChI is InChI=1S/C24H25NO3.C4H11N/c1-28-18-17-22(23(26)27)25-24(19-11-5-2-6-12-19,20-13-7-3-8-14-20)21-15-9-4-10-16-21;1-3-5-4-2/h2-16,22,25H,17-18H2,1H3,(H,26,27);5H,3-4H2,1-2H3/t22-;/m1./s1. The van der Waals surface area contributed by atoms with E-state index in [2.05, 4.69) is 24.5 Å². The van der Waals surface area contributed by atoms with Crippen LogP contribution >= 0.6 is 0 Å². The van der Waals surface area contributed by atoms with Crippen molar-refractivity contribution in [3.05, 3.63) is 108 Å². The third-order valence-electron chi connectivity index (χ3n) is 5.42. The maximum Gasteiger partial charge on any atom is 0.320 e. The summed E-state index contributed by atoms with van der Waals surface area (Å²) in [5, 5.41) is 16.5. The third kappa shape index (κ3) is 7.26. The fourth-order valence-electron chi connectivity index (χ4n) is 3.82. The number of ether oxygens (including phenoxy) is 1. The molecule has 0 fully saturated rings. The molecule has 0 spiro atoms. The minimum Gasteiger partial charge on any atom is -0.480 e. The molecule has 176 valence electrons. The number of carboxylic acids is 1. The highest BCUT2D eigenvalue weighted by Gasteiger charge is 2.39. The molecule has 0 radical (unpaired) electrons. The van der Waals surface area contributed by atoms with Gasteiger partial charge in [0, 0.05) is 13.7 Å². The second kappa shape index (κ2) is 14.2. The van der Waals surface area contributed by atoms with E-state index in [9.17, 15) is 9.90 Å². The van der Waals surface area contributed by atoms with E-state index in [0.29, 0.717) is 13.0 Å². The molecule has 0 amide bonds. The normalized spacial score (nSPS) is 11.8. The van der Waals surface area contributed by atoms with E-state index in [4.69, 9.17) is 4.74 Å². The highest BCUT2D eigenvalue weighted by atomic mass is 16.5. The van der Waals surface area contributed by atoms with Crippen LogP contribution in [-0.4, -0.2) is 43.9 Å². The largest absolute Gasteiger partial charge is 0.480 e. The number of nitrogens with one attached hydrogen (secondary N) is 2. The van der Waals surface area contributed by atoms with E-state index in [1.165, 1.54) is 0 Å². The summed E-state index contributed by atoms with van der Waals surface area (Å²) in [5.41, 5.74) is 2.14. The number of methoxy groups -OCH3 is 1. The summed E-state index contributed by atoms with van der Waals surface area (Å²) in [5.74, 6) is -0.899. The van der Waals surface area contributed by atoms with Crippen molar-refractivity contribution in [1.82, 2.24) is 10.6 Å². The SMILES string of the molecule is CCNCC.COCC[C@@H](NC(c1ccccc1)(c1ccccc1)c1ccccc1)C(=O)O. The number of benzene rings is 3. The summed E-state index contributed by atoms with van der Waals surface area (Å²) >= 11 is 0. The summed E-state index contributed by atoms with van der Waals surface area (Å²) in [6.45, 7) is 6.75. The molecule has 0 heterocycles. The Morgan fingerprint density at radius 1 is 0.818 bits per heavy atom. The maximum absolute atomic E-state index is 12.1. The van der Waals surface area contributed by atoms with Gasteiger partial charge in [0.05, 0.1) is 5.54 Å². The molecule has 0 aliphatic rings. The zero-order valence-corrected chi connectivity index (χ0v) is 19.8. The van der Waals surface area contributed by atoms with Crippen molar-refractivity contribution in [1.29, 1.82) is 0 Å². The Kier molecular flexibility index (Phi) is 11.3. The van der Waals surface area contributed by atoms with Gasteiger partial charge in [0.1, 0.15) is 6.04 Å². The molecule has 3 aromatic rings. The number of hydrogen-bond donors (Lipinski definition) is 3. The second-order valence-electron chi connectivity index (χ2n) is 7.62. The molecule has 5 heteroatoms. The summed E-state index contributed by atoms with van der Waals surface area (Å²) < 4.78 is 5.15. The molecule has 3 N–H and O–H groups in total. The molecule has 0 aliphatic heterocycles. The van der Waals surface area contributed by atoms with E-state index in [1.54, 1.807) is 7.11 Å². The molecule has 3 aromatic carbocycles. The van der Waals surface area contributed by atoms with Crippen molar-refractivity contribution in [2.45, 2.75) is 31.8 Å². The van der Waals surface area contributed by atoms with Crippen molar-refractivity contribution in [2.75, 3.05) is 26.8 Å². The molecule has 0 saturated carbocycles. The van der Waals surface area contributed by atoms with Gasteiger partial charge in [-0.1, -0.05) is 105 Å². The zero-order chi connectivity index (χ0) is 23.9. The summed E-state index contributed by atoms with van der Waals surface area (Å²) in [6.07, 6.45) is 0.361. The van der Waals surface area contributed by atoms with Gasteiger partial charge in [-0.25, -0.2) is 0 Å². The van der Waals surface area contributed by atoms with Gasteiger partial charge in [0.25, 0.3) is 0 Å². The lowest BCUT2D eigenvalue weighted by Crippen LogP contribution is -2.52. The maximum atomic E-state index is 12.1. The topological polar surface area (TPSA) is 70.6 Å². The first-order chi connectivity index (χ1) is 16.1. The second-order valence-corrected chi connectivity index (χ2v) is 7.62. The van der Waals surface area contributed by atoms with E-state index < -0.39 is 17.6 Å². The van der Waals surface area contributed by atoms with Gasteiger partial charge < -0.3 is 15.2 Å². The predicted octanol–water partition coefficient (Wildman–Crippen LogP) is 4.67. The van der Waals surface area contributed by atoms with Crippen molar-refractivity contribution in [3.8, 4) is 0 Å². The van der Waals surface area contributed by atoms with Crippen LogP contribution in [0.4, 0.5) is 0 Å². The fourth-order valence-corrected chi connectivity index (χ4v) is 3.82. The van der Waals surface area contributed by atoms with Gasteiger partial charge in [0.2, 0.25) is 0 Å². The molecule has 0 bridgehead atoms. The monoisotopic (exact) mass is 448 g/mol. The van der Waals surface area contributed by atoms with Crippen LogP contribution in [0, 0.1) is 0 Å². The van der Waals surface area contributed by atoms with Crippen LogP contribution in [0.15, 0.2) is 91.0 Å².